The highest BCUT2D eigenvalue weighted by atomic mass is 32.2. The first-order chi connectivity index (χ1) is 6.65. The van der Waals surface area contributed by atoms with E-state index in [9.17, 15) is 4.21 Å². The molecule has 0 aliphatic carbocycles. The molecule has 3 nitrogen and oxygen atoms in total. The van der Waals surface area contributed by atoms with E-state index in [-0.39, 0.29) is 0 Å². The summed E-state index contributed by atoms with van der Waals surface area (Å²) < 4.78 is 16.6. The number of rotatable bonds is 4. The van der Waals surface area contributed by atoms with Crippen molar-refractivity contribution in [3.8, 4) is 0 Å². The Hall–Kier alpha value is -0.870. The van der Waals surface area contributed by atoms with E-state index in [1.807, 2.05) is 19.1 Å². The molecular weight excluding hydrogens is 198 g/mol. The number of nitrogen functional groups attached to an aromatic ring is 1. The zero-order valence-corrected chi connectivity index (χ0v) is 9.26. The highest BCUT2D eigenvalue weighted by molar-refractivity contribution is 7.85. The number of nitrogens with two attached hydrogens (primary N) is 1. The summed E-state index contributed by atoms with van der Waals surface area (Å²) in [6.07, 6.45) is 0. The van der Waals surface area contributed by atoms with Gasteiger partial charge in [-0.05, 0) is 24.6 Å². The fraction of sp³-hybridized carbons (Fsp3) is 0.400. The first-order valence-corrected chi connectivity index (χ1v) is 5.70. The number of methoxy groups -OCH3 is 1. The van der Waals surface area contributed by atoms with E-state index < -0.39 is 10.8 Å². The number of aryl methyl sites for hydroxylation is 1. The third kappa shape index (κ3) is 2.82. The Morgan fingerprint density at radius 1 is 1.50 bits per heavy atom. The molecule has 1 atom stereocenters. The van der Waals surface area contributed by atoms with Gasteiger partial charge < -0.3 is 10.5 Å². The molecule has 0 aliphatic heterocycles. The van der Waals surface area contributed by atoms with Crippen molar-refractivity contribution in [2.75, 3.05) is 25.2 Å². The first kappa shape index (κ1) is 11.2. The van der Waals surface area contributed by atoms with Crippen LogP contribution in [0.5, 0.6) is 0 Å². The van der Waals surface area contributed by atoms with Crippen molar-refractivity contribution in [3.05, 3.63) is 23.8 Å². The van der Waals surface area contributed by atoms with Gasteiger partial charge in [-0.15, -0.1) is 0 Å². The Morgan fingerprint density at radius 3 is 2.86 bits per heavy atom. The molecule has 14 heavy (non-hydrogen) atoms. The normalized spacial score (nSPS) is 12.7. The van der Waals surface area contributed by atoms with Crippen LogP contribution in [0.1, 0.15) is 5.56 Å². The minimum Gasteiger partial charge on any atom is -0.398 e. The Balaban J connectivity index is 2.83. The van der Waals surface area contributed by atoms with Gasteiger partial charge in [0.2, 0.25) is 0 Å². The second-order valence-electron chi connectivity index (χ2n) is 3.08. The highest BCUT2D eigenvalue weighted by Gasteiger charge is 2.07. The minimum atomic E-state index is -1.06. The predicted molar refractivity (Wildman–Crippen MR) is 58.7 cm³/mol. The third-order valence-electron chi connectivity index (χ3n) is 1.89. The molecule has 4 heteroatoms. The molecule has 0 saturated carbocycles. The van der Waals surface area contributed by atoms with E-state index in [4.69, 9.17) is 10.5 Å². The van der Waals surface area contributed by atoms with Gasteiger partial charge in [-0.2, -0.15) is 0 Å². The summed E-state index contributed by atoms with van der Waals surface area (Å²) in [7, 11) is 0.539. The smallest absolute Gasteiger partial charge is 0.0620 e. The monoisotopic (exact) mass is 213 g/mol. The van der Waals surface area contributed by atoms with Crippen LogP contribution in [0.3, 0.4) is 0 Å². The van der Waals surface area contributed by atoms with E-state index in [1.54, 1.807) is 13.2 Å². The van der Waals surface area contributed by atoms with Crippen molar-refractivity contribution in [1.29, 1.82) is 0 Å². The standard InChI is InChI=1S/C10H15NO2S/c1-8-3-4-9(11)10(7-8)14(12)6-5-13-2/h3-4,7H,5-6,11H2,1-2H3. The van der Waals surface area contributed by atoms with Gasteiger partial charge in [0.15, 0.2) is 0 Å². The Kier molecular flexibility index (Phi) is 4.10. The van der Waals surface area contributed by atoms with Crippen LogP contribution in [-0.2, 0) is 15.5 Å². The summed E-state index contributed by atoms with van der Waals surface area (Å²) in [5, 5.41) is 0. The number of hydrogen-bond donors (Lipinski definition) is 1. The van der Waals surface area contributed by atoms with E-state index in [0.717, 1.165) is 5.56 Å². The molecule has 78 valence electrons. The Bertz CT molecular complexity index is 339. The maximum Gasteiger partial charge on any atom is 0.0620 e. The SMILES string of the molecule is COCCS(=O)c1cc(C)ccc1N. The van der Waals surface area contributed by atoms with Crippen molar-refractivity contribution >= 4 is 16.5 Å². The van der Waals surface area contributed by atoms with Gasteiger partial charge in [-0.25, -0.2) is 0 Å². The van der Waals surface area contributed by atoms with Gasteiger partial charge in [0, 0.05) is 12.8 Å². The van der Waals surface area contributed by atoms with E-state index in [2.05, 4.69) is 0 Å². The second kappa shape index (κ2) is 5.12. The molecule has 1 aromatic carbocycles. The maximum absolute atomic E-state index is 11.7. The summed E-state index contributed by atoms with van der Waals surface area (Å²) in [5.41, 5.74) is 7.39. The molecule has 0 bridgehead atoms. The van der Waals surface area contributed by atoms with Crippen LogP contribution in [0.2, 0.25) is 0 Å². The Morgan fingerprint density at radius 2 is 2.21 bits per heavy atom. The number of ether oxygens (including phenoxy) is 1. The van der Waals surface area contributed by atoms with Gasteiger partial charge in [-0.3, -0.25) is 4.21 Å². The van der Waals surface area contributed by atoms with E-state index >= 15 is 0 Å². The second-order valence-corrected chi connectivity index (χ2v) is 4.62. The predicted octanol–water partition coefficient (Wildman–Crippen LogP) is 1.33. The largest absolute Gasteiger partial charge is 0.398 e. The fourth-order valence-corrected chi connectivity index (χ4v) is 2.29. The highest BCUT2D eigenvalue weighted by Crippen LogP contribution is 2.17. The number of benzene rings is 1. The molecular formula is C10H15NO2S. The number of anilines is 1. The molecule has 1 unspecified atom stereocenters. The van der Waals surface area contributed by atoms with Crippen molar-refractivity contribution in [2.45, 2.75) is 11.8 Å². The van der Waals surface area contributed by atoms with Gasteiger partial charge in [-0.1, -0.05) is 6.07 Å². The lowest BCUT2D eigenvalue weighted by Crippen LogP contribution is -2.06. The zero-order valence-electron chi connectivity index (χ0n) is 8.45. The molecule has 1 aromatic rings. The van der Waals surface area contributed by atoms with Crippen LogP contribution in [0, 0.1) is 6.92 Å². The molecule has 0 radical (unpaired) electrons. The van der Waals surface area contributed by atoms with Crippen molar-refractivity contribution in [3.63, 3.8) is 0 Å². The van der Waals surface area contributed by atoms with Crippen molar-refractivity contribution < 1.29 is 8.95 Å². The molecule has 0 saturated heterocycles. The quantitative estimate of drug-likeness (QED) is 0.768. The molecule has 0 aromatic heterocycles. The van der Waals surface area contributed by atoms with Gasteiger partial charge in [0.1, 0.15) is 0 Å². The summed E-state index contributed by atoms with van der Waals surface area (Å²) in [5.74, 6) is 0.490. The molecule has 1 rings (SSSR count). The van der Waals surface area contributed by atoms with Gasteiger partial charge >= 0.3 is 0 Å². The first-order valence-electron chi connectivity index (χ1n) is 4.38. The summed E-state index contributed by atoms with van der Waals surface area (Å²) in [6, 6.07) is 5.56. The van der Waals surface area contributed by atoms with E-state index in [0.29, 0.717) is 22.9 Å². The average molecular weight is 213 g/mol. The molecule has 0 fully saturated rings. The lowest BCUT2D eigenvalue weighted by Gasteiger charge is -2.06. The molecule has 2 N–H and O–H groups in total. The third-order valence-corrected chi connectivity index (χ3v) is 3.27. The lowest BCUT2D eigenvalue weighted by atomic mass is 10.2. The van der Waals surface area contributed by atoms with Crippen LogP contribution in [0.25, 0.3) is 0 Å². The summed E-state index contributed by atoms with van der Waals surface area (Å²) >= 11 is 0. The zero-order chi connectivity index (χ0) is 10.6. The fourth-order valence-electron chi connectivity index (χ4n) is 1.11. The molecule has 0 spiro atoms. The van der Waals surface area contributed by atoms with Gasteiger partial charge in [0.25, 0.3) is 0 Å². The van der Waals surface area contributed by atoms with Crippen molar-refractivity contribution in [1.82, 2.24) is 0 Å². The van der Waals surface area contributed by atoms with Crippen LogP contribution in [0.4, 0.5) is 5.69 Å². The minimum absolute atomic E-state index is 0.486. The van der Waals surface area contributed by atoms with Crippen LogP contribution < -0.4 is 5.73 Å². The topological polar surface area (TPSA) is 52.3 Å². The van der Waals surface area contributed by atoms with E-state index in [1.165, 1.54) is 0 Å². The molecule has 0 heterocycles. The van der Waals surface area contributed by atoms with Crippen LogP contribution in [-0.4, -0.2) is 23.7 Å². The Labute approximate surface area is 86.7 Å². The van der Waals surface area contributed by atoms with Crippen LogP contribution in [0.15, 0.2) is 23.1 Å². The average Bonchev–Trinajstić information content (AvgIpc) is 2.18. The summed E-state index contributed by atoms with van der Waals surface area (Å²) in [6.45, 7) is 2.44. The molecule has 0 amide bonds. The summed E-state index contributed by atoms with van der Waals surface area (Å²) in [4.78, 5) is 0.710. The molecule has 0 aliphatic rings. The maximum atomic E-state index is 11.7. The number of hydrogen-bond acceptors (Lipinski definition) is 3. The van der Waals surface area contributed by atoms with Gasteiger partial charge in [0.05, 0.1) is 28.1 Å². The lowest BCUT2D eigenvalue weighted by molar-refractivity contribution is 0.218. The van der Waals surface area contributed by atoms with Crippen LogP contribution >= 0.6 is 0 Å². The van der Waals surface area contributed by atoms with Crippen molar-refractivity contribution in [2.24, 2.45) is 0 Å².